The highest BCUT2D eigenvalue weighted by atomic mass is 32.1. The van der Waals surface area contributed by atoms with E-state index in [0.29, 0.717) is 6.54 Å². The average molecular weight is 364 g/mol. The first-order valence-corrected chi connectivity index (χ1v) is 8.79. The molecule has 2 aromatic rings. The maximum atomic E-state index is 13.0. The maximum Gasteiger partial charge on any atom is 0.317 e. The molecule has 0 aliphatic carbocycles. The third-order valence-electron chi connectivity index (χ3n) is 3.62. The number of carbonyl (C=O) groups excluding carboxylic acids is 1. The molecule has 7 heteroatoms. The molecule has 0 fully saturated rings. The predicted molar refractivity (Wildman–Crippen MR) is 96.0 cm³/mol. The van der Waals surface area contributed by atoms with E-state index in [1.54, 1.807) is 28.4 Å². The summed E-state index contributed by atoms with van der Waals surface area (Å²) in [4.78, 5) is 26.5. The summed E-state index contributed by atoms with van der Waals surface area (Å²) < 4.78 is 13.0. The van der Waals surface area contributed by atoms with Crippen molar-refractivity contribution in [1.29, 1.82) is 0 Å². The van der Waals surface area contributed by atoms with Crippen molar-refractivity contribution in [2.24, 2.45) is 0 Å². The quantitative estimate of drug-likeness (QED) is 0.782. The van der Waals surface area contributed by atoms with Gasteiger partial charge in [0.05, 0.1) is 13.0 Å². The fourth-order valence-electron chi connectivity index (χ4n) is 2.27. The number of carboxylic acid groups (broad SMARTS) is 1. The largest absolute Gasteiger partial charge is 0.481 e. The van der Waals surface area contributed by atoms with Gasteiger partial charge in [0.1, 0.15) is 5.82 Å². The van der Waals surface area contributed by atoms with Crippen LogP contribution in [0.5, 0.6) is 0 Å². The molecule has 0 saturated heterocycles. The maximum absolute atomic E-state index is 13.0. The molecule has 2 rings (SSSR count). The zero-order valence-electron chi connectivity index (χ0n) is 14.2. The van der Waals surface area contributed by atoms with Gasteiger partial charge in [0, 0.05) is 22.3 Å². The van der Waals surface area contributed by atoms with Crippen LogP contribution in [0.4, 0.5) is 9.18 Å². The van der Waals surface area contributed by atoms with Crippen molar-refractivity contribution < 1.29 is 19.1 Å². The molecule has 2 amide bonds. The van der Waals surface area contributed by atoms with Gasteiger partial charge in [-0.25, -0.2) is 9.18 Å². The van der Waals surface area contributed by atoms with Crippen molar-refractivity contribution in [3.05, 3.63) is 47.1 Å². The summed E-state index contributed by atoms with van der Waals surface area (Å²) in [7, 11) is 0. The number of carbonyl (C=O) groups is 2. The van der Waals surface area contributed by atoms with Crippen LogP contribution in [0.1, 0.15) is 25.1 Å². The standard InChI is InChI=1S/C18H21FN2O3S/c1-12(2)21(18(24)20-10-9-17(22)23)11-15-7-8-16(25-15)13-3-5-14(19)6-4-13/h3-8,12H,9-11H2,1-2H3,(H,20,24)(H,22,23). The molecule has 25 heavy (non-hydrogen) atoms. The Hall–Kier alpha value is -2.41. The summed E-state index contributed by atoms with van der Waals surface area (Å²) in [6, 6.07) is 9.88. The Balaban J connectivity index is 2.03. The molecule has 0 aliphatic rings. The molecule has 0 aliphatic heterocycles. The molecule has 0 radical (unpaired) electrons. The summed E-state index contributed by atoms with van der Waals surface area (Å²) in [5, 5.41) is 11.3. The summed E-state index contributed by atoms with van der Waals surface area (Å²) in [6.45, 7) is 4.35. The van der Waals surface area contributed by atoms with E-state index in [9.17, 15) is 14.0 Å². The molecule has 2 N–H and O–H groups in total. The number of carboxylic acids is 1. The third-order valence-corrected chi connectivity index (χ3v) is 4.73. The van der Waals surface area contributed by atoms with Crippen molar-refractivity contribution in [3.8, 4) is 10.4 Å². The number of benzene rings is 1. The van der Waals surface area contributed by atoms with Crippen LogP contribution in [-0.2, 0) is 11.3 Å². The Labute approximate surface area is 150 Å². The van der Waals surface area contributed by atoms with Crippen LogP contribution in [0.2, 0.25) is 0 Å². The molecule has 0 bridgehead atoms. The van der Waals surface area contributed by atoms with Gasteiger partial charge in [0.15, 0.2) is 0 Å². The van der Waals surface area contributed by atoms with Crippen LogP contribution < -0.4 is 5.32 Å². The molecular weight excluding hydrogens is 343 g/mol. The van der Waals surface area contributed by atoms with Gasteiger partial charge >= 0.3 is 12.0 Å². The molecular formula is C18H21FN2O3S. The lowest BCUT2D eigenvalue weighted by Crippen LogP contribution is -2.43. The zero-order chi connectivity index (χ0) is 18.4. The zero-order valence-corrected chi connectivity index (χ0v) is 15.0. The Morgan fingerprint density at radius 3 is 2.48 bits per heavy atom. The van der Waals surface area contributed by atoms with Crippen LogP contribution >= 0.6 is 11.3 Å². The second kappa shape index (κ2) is 8.62. The van der Waals surface area contributed by atoms with E-state index in [-0.39, 0.29) is 30.9 Å². The molecule has 1 aromatic heterocycles. The lowest BCUT2D eigenvalue weighted by molar-refractivity contribution is -0.136. The SMILES string of the molecule is CC(C)N(Cc1ccc(-c2ccc(F)cc2)s1)C(=O)NCCC(=O)O. The molecule has 0 atom stereocenters. The number of nitrogens with zero attached hydrogens (tertiary/aromatic N) is 1. The van der Waals surface area contributed by atoms with E-state index in [4.69, 9.17) is 5.11 Å². The fourth-order valence-corrected chi connectivity index (χ4v) is 3.28. The summed E-state index contributed by atoms with van der Waals surface area (Å²) >= 11 is 1.55. The molecule has 134 valence electrons. The average Bonchev–Trinajstić information content (AvgIpc) is 3.01. The summed E-state index contributed by atoms with van der Waals surface area (Å²) in [5.74, 6) is -1.22. The number of hydrogen-bond donors (Lipinski definition) is 2. The van der Waals surface area contributed by atoms with E-state index in [1.807, 2.05) is 26.0 Å². The number of nitrogens with one attached hydrogen (secondary N) is 1. The van der Waals surface area contributed by atoms with Crippen molar-refractivity contribution in [3.63, 3.8) is 0 Å². The highest BCUT2D eigenvalue weighted by molar-refractivity contribution is 7.15. The highest BCUT2D eigenvalue weighted by Gasteiger charge is 2.18. The molecule has 0 saturated carbocycles. The van der Waals surface area contributed by atoms with Gasteiger partial charge in [-0.3, -0.25) is 4.79 Å². The number of aliphatic carboxylic acids is 1. The van der Waals surface area contributed by atoms with Gasteiger partial charge in [-0.1, -0.05) is 12.1 Å². The van der Waals surface area contributed by atoms with Crippen LogP contribution in [0, 0.1) is 5.82 Å². The van der Waals surface area contributed by atoms with Crippen LogP contribution in [0.3, 0.4) is 0 Å². The van der Waals surface area contributed by atoms with Crippen LogP contribution in [-0.4, -0.2) is 34.6 Å². The number of thiophene rings is 1. The van der Waals surface area contributed by atoms with E-state index in [0.717, 1.165) is 15.3 Å². The van der Waals surface area contributed by atoms with Crippen molar-refractivity contribution in [1.82, 2.24) is 10.2 Å². The summed E-state index contributed by atoms with van der Waals surface area (Å²) in [6.07, 6.45) is -0.106. The Morgan fingerprint density at radius 2 is 1.88 bits per heavy atom. The Bertz CT molecular complexity index is 728. The van der Waals surface area contributed by atoms with E-state index in [1.165, 1.54) is 12.1 Å². The normalized spacial score (nSPS) is 10.7. The molecule has 0 spiro atoms. The van der Waals surface area contributed by atoms with Gasteiger partial charge in [-0.15, -0.1) is 11.3 Å². The smallest absolute Gasteiger partial charge is 0.317 e. The fraction of sp³-hybridized carbons (Fsp3) is 0.333. The molecule has 1 heterocycles. The van der Waals surface area contributed by atoms with E-state index in [2.05, 4.69) is 5.32 Å². The number of rotatable bonds is 7. The van der Waals surface area contributed by atoms with Crippen molar-refractivity contribution in [2.45, 2.75) is 32.9 Å². The van der Waals surface area contributed by atoms with Gasteiger partial charge in [-0.2, -0.15) is 0 Å². The van der Waals surface area contributed by atoms with Gasteiger partial charge in [0.25, 0.3) is 0 Å². The third kappa shape index (κ3) is 5.56. The lowest BCUT2D eigenvalue weighted by atomic mass is 10.2. The number of urea groups is 1. The first-order valence-electron chi connectivity index (χ1n) is 7.97. The van der Waals surface area contributed by atoms with Crippen LogP contribution in [0.25, 0.3) is 10.4 Å². The van der Waals surface area contributed by atoms with Gasteiger partial charge in [-0.05, 0) is 43.7 Å². The van der Waals surface area contributed by atoms with Gasteiger partial charge in [0.2, 0.25) is 0 Å². The Kier molecular flexibility index (Phi) is 6.52. The van der Waals surface area contributed by atoms with Gasteiger partial charge < -0.3 is 15.3 Å². The highest BCUT2D eigenvalue weighted by Crippen LogP contribution is 2.29. The van der Waals surface area contributed by atoms with Crippen molar-refractivity contribution in [2.75, 3.05) is 6.54 Å². The molecule has 5 nitrogen and oxygen atoms in total. The minimum atomic E-state index is -0.946. The summed E-state index contributed by atoms with van der Waals surface area (Å²) in [5.41, 5.74) is 0.930. The van der Waals surface area contributed by atoms with Crippen molar-refractivity contribution >= 4 is 23.3 Å². The monoisotopic (exact) mass is 364 g/mol. The number of halogens is 1. The number of hydrogen-bond acceptors (Lipinski definition) is 3. The first kappa shape index (κ1) is 18.9. The number of amides is 2. The second-order valence-electron chi connectivity index (χ2n) is 5.87. The Morgan fingerprint density at radius 1 is 1.20 bits per heavy atom. The van der Waals surface area contributed by atoms with E-state index < -0.39 is 5.97 Å². The second-order valence-corrected chi connectivity index (χ2v) is 7.04. The minimum absolute atomic E-state index is 0.0267. The topological polar surface area (TPSA) is 69.6 Å². The first-order chi connectivity index (χ1) is 11.9. The van der Waals surface area contributed by atoms with Crippen LogP contribution in [0.15, 0.2) is 36.4 Å². The molecule has 0 unspecified atom stereocenters. The molecule has 1 aromatic carbocycles. The lowest BCUT2D eigenvalue weighted by Gasteiger charge is -2.26. The van der Waals surface area contributed by atoms with E-state index >= 15 is 0 Å². The minimum Gasteiger partial charge on any atom is -0.481 e. The predicted octanol–water partition coefficient (Wildman–Crippen LogP) is 3.95.